The fraction of sp³-hybridized carbons (Fsp3) is 0.167. The first-order valence-electron chi connectivity index (χ1n) is 18.4. The van der Waals surface area contributed by atoms with Crippen LogP contribution in [-0.2, 0) is 10.8 Å². The zero-order valence-electron chi connectivity index (χ0n) is 30.6. The summed E-state index contributed by atoms with van der Waals surface area (Å²) in [6, 6.07) is 38.8. The number of para-hydroxylation sites is 2. The average Bonchev–Trinajstić information content (AvgIpc) is 3.83. The van der Waals surface area contributed by atoms with E-state index in [4.69, 9.17) is 18.8 Å². The Morgan fingerprint density at radius 1 is 0.453 bits per heavy atom. The minimum Gasteiger partial charge on any atom is -0.456 e. The summed E-state index contributed by atoms with van der Waals surface area (Å²) >= 11 is 0. The SMILES string of the molecule is CC(C)(C)c1cc2c3[nH]c4c(cc(C(C)(C)C)cc4c3c1)-c1cc3oc4ccccc4c3c(n1)-c1cccc(c1)-c1nc-2cc2oc3ccccc3c12. The first kappa shape index (κ1) is 30.4. The van der Waals surface area contributed by atoms with E-state index in [0.717, 1.165) is 99.9 Å². The van der Waals surface area contributed by atoms with E-state index in [9.17, 15) is 0 Å². The number of benzene rings is 5. The number of H-pyrrole nitrogens is 1. The van der Waals surface area contributed by atoms with E-state index in [1.165, 1.54) is 21.9 Å². The molecule has 1 aliphatic heterocycles. The van der Waals surface area contributed by atoms with Crippen LogP contribution in [0.1, 0.15) is 52.7 Å². The third-order valence-electron chi connectivity index (χ3n) is 11.2. The summed E-state index contributed by atoms with van der Waals surface area (Å²) in [6.07, 6.45) is 0. The maximum Gasteiger partial charge on any atom is 0.139 e. The van der Waals surface area contributed by atoms with Gasteiger partial charge in [0.25, 0.3) is 0 Å². The molecule has 1 aliphatic rings. The van der Waals surface area contributed by atoms with Crippen molar-refractivity contribution in [1.82, 2.24) is 15.0 Å². The number of hydrogen-bond acceptors (Lipinski definition) is 4. The molecule has 0 saturated heterocycles. The molecule has 10 aromatic rings. The molecule has 0 unspecified atom stereocenters. The molecule has 5 heteroatoms. The first-order chi connectivity index (χ1) is 25.5. The third-order valence-corrected chi connectivity index (χ3v) is 11.2. The Hall–Kier alpha value is -6.20. The molecule has 0 amide bonds. The molecule has 5 nitrogen and oxygen atoms in total. The summed E-state index contributed by atoms with van der Waals surface area (Å²) in [7, 11) is 0. The number of aromatic amines is 1. The van der Waals surface area contributed by atoms with Crippen LogP contribution >= 0.6 is 0 Å². The maximum absolute atomic E-state index is 6.64. The molecule has 256 valence electrons. The molecular formula is C48H37N3O2. The van der Waals surface area contributed by atoms with Crippen LogP contribution in [0.4, 0.5) is 0 Å². The van der Waals surface area contributed by atoms with Crippen LogP contribution in [0.5, 0.6) is 0 Å². The quantitative estimate of drug-likeness (QED) is 0.172. The van der Waals surface area contributed by atoms with Crippen molar-refractivity contribution in [1.29, 1.82) is 0 Å². The number of aromatic nitrogens is 3. The van der Waals surface area contributed by atoms with Crippen molar-refractivity contribution in [2.24, 2.45) is 0 Å². The van der Waals surface area contributed by atoms with E-state index in [0.29, 0.717) is 0 Å². The van der Waals surface area contributed by atoms with E-state index in [2.05, 4.69) is 131 Å². The Bertz CT molecular complexity index is 2990. The summed E-state index contributed by atoms with van der Waals surface area (Å²) in [4.78, 5) is 15.1. The van der Waals surface area contributed by atoms with Gasteiger partial charge in [-0.05, 0) is 64.4 Å². The van der Waals surface area contributed by atoms with Gasteiger partial charge in [-0.2, -0.15) is 0 Å². The molecule has 53 heavy (non-hydrogen) atoms. The van der Waals surface area contributed by atoms with Gasteiger partial charge < -0.3 is 13.8 Å². The zero-order chi connectivity index (χ0) is 36.0. The number of nitrogens with zero attached hydrogens (tertiary/aromatic N) is 2. The summed E-state index contributed by atoms with van der Waals surface area (Å²) in [6.45, 7) is 13.7. The number of pyridine rings is 2. The van der Waals surface area contributed by atoms with Crippen molar-refractivity contribution < 1.29 is 8.83 Å². The topological polar surface area (TPSA) is 67.8 Å². The largest absolute Gasteiger partial charge is 0.456 e. The van der Waals surface area contributed by atoms with Crippen molar-refractivity contribution in [2.45, 2.75) is 52.4 Å². The third kappa shape index (κ3) is 4.37. The predicted octanol–water partition coefficient (Wildman–Crippen LogP) is 13.5. The molecule has 0 saturated carbocycles. The predicted molar refractivity (Wildman–Crippen MR) is 219 cm³/mol. The molecular weight excluding hydrogens is 651 g/mol. The van der Waals surface area contributed by atoms with Gasteiger partial charge in [-0.15, -0.1) is 0 Å². The van der Waals surface area contributed by atoms with Gasteiger partial charge in [0.1, 0.15) is 22.3 Å². The molecule has 0 fully saturated rings. The molecule has 11 rings (SSSR count). The highest BCUT2D eigenvalue weighted by molar-refractivity contribution is 6.18. The van der Waals surface area contributed by atoms with Crippen LogP contribution in [0.15, 0.2) is 118 Å². The molecule has 0 atom stereocenters. The van der Waals surface area contributed by atoms with Crippen LogP contribution in [-0.4, -0.2) is 15.0 Å². The minimum absolute atomic E-state index is 0.108. The Morgan fingerprint density at radius 2 is 0.906 bits per heavy atom. The molecule has 5 aromatic heterocycles. The van der Waals surface area contributed by atoms with E-state index in [-0.39, 0.29) is 10.8 Å². The van der Waals surface area contributed by atoms with Gasteiger partial charge in [0.15, 0.2) is 0 Å². The highest BCUT2D eigenvalue weighted by Crippen LogP contribution is 2.46. The van der Waals surface area contributed by atoms with Gasteiger partial charge in [-0.3, -0.25) is 0 Å². The molecule has 0 aliphatic carbocycles. The lowest BCUT2D eigenvalue weighted by Crippen LogP contribution is -2.11. The van der Waals surface area contributed by atoms with Crippen molar-refractivity contribution in [3.05, 3.63) is 120 Å². The highest BCUT2D eigenvalue weighted by Gasteiger charge is 2.27. The Morgan fingerprint density at radius 3 is 1.36 bits per heavy atom. The van der Waals surface area contributed by atoms with Crippen LogP contribution in [0.25, 0.3) is 111 Å². The van der Waals surface area contributed by atoms with Crippen molar-refractivity contribution in [3.8, 4) is 45.0 Å². The molecule has 5 aromatic carbocycles. The lowest BCUT2D eigenvalue weighted by Gasteiger charge is -2.21. The Kier molecular flexibility index (Phi) is 5.87. The Balaban J connectivity index is 1.40. The van der Waals surface area contributed by atoms with Gasteiger partial charge in [-0.25, -0.2) is 9.97 Å². The van der Waals surface area contributed by atoms with Crippen LogP contribution < -0.4 is 0 Å². The molecule has 6 heterocycles. The lowest BCUT2D eigenvalue weighted by atomic mass is 9.83. The maximum atomic E-state index is 6.64. The number of furan rings is 2. The fourth-order valence-corrected chi connectivity index (χ4v) is 8.37. The highest BCUT2D eigenvalue weighted by atomic mass is 16.3. The number of hydrogen-bond donors (Lipinski definition) is 1. The average molecular weight is 688 g/mol. The smallest absolute Gasteiger partial charge is 0.139 e. The van der Waals surface area contributed by atoms with Crippen molar-refractivity contribution in [2.75, 3.05) is 0 Å². The second-order valence-electron chi connectivity index (χ2n) is 16.8. The summed E-state index contributed by atoms with van der Waals surface area (Å²) in [5.74, 6) is 0. The summed E-state index contributed by atoms with van der Waals surface area (Å²) < 4.78 is 13.3. The van der Waals surface area contributed by atoms with Crippen molar-refractivity contribution in [3.63, 3.8) is 0 Å². The van der Waals surface area contributed by atoms with E-state index < -0.39 is 0 Å². The van der Waals surface area contributed by atoms with Crippen LogP contribution in [0.2, 0.25) is 0 Å². The van der Waals surface area contributed by atoms with Gasteiger partial charge in [0.2, 0.25) is 0 Å². The van der Waals surface area contributed by atoms with Gasteiger partial charge in [0.05, 0.1) is 44.6 Å². The standard InChI is InChI=1S/C48H37N3O2/c1-47(2,3)27-19-31-32-20-28(48(4,5)6)22-34-36-24-40-42(30-15-8-10-17-38(30)53-40)44(50-36)26-13-11-12-25(18-26)43-41-29-14-7-9-16-37(29)52-39(41)23-35(49-43)33(21-27)45(31)51-46(32)34/h7-24,51H,1-6H3. The summed E-state index contributed by atoms with van der Waals surface area (Å²) in [5.41, 5.74) is 15.3. The molecule has 1 N–H and O–H groups in total. The zero-order valence-corrected chi connectivity index (χ0v) is 30.6. The van der Waals surface area contributed by atoms with Gasteiger partial charge >= 0.3 is 0 Å². The number of nitrogens with one attached hydrogen (secondary N) is 1. The minimum atomic E-state index is -0.108. The fourth-order valence-electron chi connectivity index (χ4n) is 8.37. The molecule has 0 spiro atoms. The second kappa shape index (κ2) is 10.2. The van der Waals surface area contributed by atoms with E-state index in [1.807, 2.05) is 24.3 Å². The van der Waals surface area contributed by atoms with E-state index in [1.54, 1.807) is 0 Å². The lowest BCUT2D eigenvalue weighted by molar-refractivity contribution is 0.590. The molecule has 0 radical (unpaired) electrons. The van der Waals surface area contributed by atoms with Gasteiger partial charge in [-0.1, -0.05) is 96.1 Å². The number of fused-ring (bicyclic) bond motifs is 19. The van der Waals surface area contributed by atoms with Crippen LogP contribution in [0, 0.1) is 0 Å². The van der Waals surface area contributed by atoms with E-state index >= 15 is 0 Å². The monoisotopic (exact) mass is 687 g/mol. The Labute approximate surface area is 306 Å². The summed E-state index contributed by atoms with van der Waals surface area (Å²) in [5, 5.41) is 6.44. The first-order valence-corrected chi connectivity index (χ1v) is 18.4. The normalized spacial score (nSPS) is 13.1. The van der Waals surface area contributed by atoms with Crippen LogP contribution in [0.3, 0.4) is 0 Å². The number of rotatable bonds is 0. The van der Waals surface area contributed by atoms with Gasteiger partial charge in [0, 0.05) is 55.9 Å². The molecule has 8 bridgehead atoms. The second-order valence-corrected chi connectivity index (χ2v) is 16.8. The van der Waals surface area contributed by atoms with Crippen molar-refractivity contribution >= 4 is 65.7 Å².